The van der Waals surface area contributed by atoms with Gasteiger partial charge < -0.3 is 5.32 Å². The minimum atomic E-state index is -3.86. The highest BCUT2D eigenvalue weighted by Gasteiger charge is 2.56. The monoisotopic (exact) mass is 443 g/mol. The van der Waals surface area contributed by atoms with E-state index in [1.165, 1.54) is 35.5 Å². The molecule has 3 rings (SSSR count). The van der Waals surface area contributed by atoms with Gasteiger partial charge in [-0.3, -0.25) is 9.59 Å². The van der Waals surface area contributed by atoms with E-state index in [-0.39, 0.29) is 29.8 Å². The van der Waals surface area contributed by atoms with Gasteiger partial charge in [0.1, 0.15) is 0 Å². The first-order valence-electron chi connectivity index (χ1n) is 9.38. The van der Waals surface area contributed by atoms with Crippen LogP contribution in [-0.4, -0.2) is 62.6 Å². The highest BCUT2D eigenvalue weighted by molar-refractivity contribution is 7.89. The molecule has 160 valence electrons. The van der Waals surface area contributed by atoms with Crippen LogP contribution < -0.4 is 5.32 Å². The number of amides is 2. The van der Waals surface area contributed by atoms with Crippen LogP contribution in [0.1, 0.15) is 26.7 Å². The molecule has 9 nitrogen and oxygen atoms in total. The van der Waals surface area contributed by atoms with Crippen LogP contribution in [0, 0.1) is 11.8 Å². The Hall–Kier alpha value is -1.98. The van der Waals surface area contributed by atoms with Crippen molar-refractivity contribution in [3.8, 4) is 0 Å². The van der Waals surface area contributed by atoms with E-state index in [2.05, 4.69) is 5.32 Å². The van der Waals surface area contributed by atoms with Crippen molar-refractivity contribution in [3.63, 3.8) is 0 Å². The summed E-state index contributed by atoms with van der Waals surface area (Å²) in [6.45, 7) is 3.31. The van der Waals surface area contributed by atoms with Crippen molar-refractivity contribution in [1.82, 2.24) is 8.61 Å². The molecule has 0 aromatic heterocycles. The molecule has 2 heterocycles. The summed E-state index contributed by atoms with van der Waals surface area (Å²) < 4.78 is 52.7. The molecule has 0 aliphatic carbocycles. The number of hydrogen-bond acceptors (Lipinski definition) is 6. The van der Waals surface area contributed by atoms with Crippen LogP contribution in [0.5, 0.6) is 0 Å². The largest absolute Gasteiger partial charge is 0.326 e. The number of rotatable bonds is 6. The van der Waals surface area contributed by atoms with Crippen LogP contribution in [-0.2, 0) is 29.6 Å². The van der Waals surface area contributed by atoms with Gasteiger partial charge in [0.15, 0.2) is 0 Å². The Bertz CT molecular complexity index is 1020. The van der Waals surface area contributed by atoms with Crippen molar-refractivity contribution >= 4 is 37.5 Å². The van der Waals surface area contributed by atoms with Crippen LogP contribution >= 0.6 is 0 Å². The van der Waals surface area contributed by atoms with Gasteiger partial charge in [-0.1, -0.05) is 13.3 Å². The van der Waals surface area contributed by atoms with E-state index < -0.39 is 37.9 Å². The first-order valence-corrected chi connectivity index (χ1v) is 12.7. The molecule has 11 heteroatoms. The fourth-order valence-corrected chi connectivity index (χ4v) is 6.92. The number of carbonyl (C=O) groups excluding carboxylic acids is 2. The quantitative estimate of drug-likeness (QED) is 0.696. The smallest absolute Gasteiger partial charge is 0.243 e. The number of hydrogen-bond donors (Lipinski definition) is 1. The zero-order chi connectivity index (χ0) is 21.6. The zero-order valence-corrected chi connectivity index (χ0v) is 18.2. The summed E-state index contributed by atoms with van der Waals surface area (Å²) >= 11 is 0. The maximum atomic E-state index is 13.1. The number of sulfonamides is 2. The molecule has 0 unspecified atom stereocenters. The van der Waals surface area contributed by atoms with E-state index >= 15 is 0 Å². The number of carbonyl (C=O) groups is 2. The SMILES string of the molecule is CCC[C@H]1C(=O)N(S(C)(=O)=O)[C@H]2CN(S(=O)(=O)c3ccc(NC(C)=O)cc3)C[C@H]12. The zero-order valence-electron chi connectivity index (χ0n) is 16.5. The standard InChI is InChI=1S/C18H25N3O6S2/c1-4-5-15-16-10-20(11-17(16)21(18(15)23)28(3,24)25)29(26,27)14-8-6-13(7-9-14)19-12(2)22/h6-9,15-17H,4-5,10-11H2,1-3H3,(H,19,22)/t15-,16-,17+/m1/s1. The molecule has 1 N–H and O–H groups in total. The minimum absolute atomic E-state index is 0.0517. The maximum absolute atomic E-state index is 13.1. The summed E-state index contributed by atoms with van der Waals surface area (Å²) in [6, 6.07) is 5.12. The third-order valence-corrected chi connectivity index (χ3v) is 8.43. The Labute approximate surface area is 171 Å². The first-order chi connectivity index (χ1) is 13.5. The average molecular weight is 444 g/mol. The van der Waals surface area contributed by atoms with Crippen LogP contribution in [0.4, 0.5) is 5.69 Å². The molecule has 2 fully saturated rings. The Morgan fingerprint density at radius 2 is 1.76 bits per heavy atom. The molecule has 0 spiro atoms. The Morgan fingerprint density at radius 3 is 2.28 bits per heavy atom. The van der Waals surface area contributed by atoms with E-state index in [4.69, 9.17) is 0 Å². The second-order valence-electron chi connectivity index (χ2n) is 7.55. The van der Waals surface area contributed by atoms with E-state index in [9.17, 15) is 26.4 Å². The summed E-state index contributed by atoms with van der Waals surface area (Å²) in [6.07, 6.45) is 2.20. The van der Waals surface area contributed by atoms with Gasteiger partial charge in [0, 0.05) is 37.5 Å². The second-order valence-corrected chi connectivity index (χ2v) is 11.3. The fourth-order valence-electron chi connectivity index (χ4n) is 4.25. The molecule has 1 aromatic carbocycles. The van der Waals surface area contributed by atoms with Gasteiger partial charge in [0.05, 0.1) is 17.2 Å². The van der Waals surface area contributed by atoms with Crippen molar-refractivity contribution in [3.05, 3.63) is 24.3 Å². The van der Waals surface area contributed by atoms with Crippen molar-refractivity contribution in [2.45, 2.75) is 37.6 Å². The summed E-state index contributed by atoms with van der Waals surface area (Å²) in [4.78, 5) is 23.8. The molecule has 0 radical (unpaired) electrons. The average Bonchev–Trinajstić information content (AvgIpc) is 3.13. The molecule has 0 saturated carbocycles. The maximum Gasteiger partial charge on any atom is 0.243 e. The molecule has 29 heavy (non-hydrogen) atoms. The number of nitrogens with zero attached hydrogens (tertiary/aromatic N) is 2. The third kappa shape index (κ3) is 4.03. The van der Waals surface area contributed by atoms with E-state index in [0.29, 0.717) is 18.5 Å². The van der Waals surface area contributed by atoms with E-state index in [1.807, 2.05) is 6.92 Å². The van der Waals surface area contributed by atoms with Gasteiger partial charge in [-0.15, -0.1) is 0 Å². The summed E-state index contributed by atoms with van der Waals surface area (Å²) in [7, 11) is -7.65. The normalized spacial score (nSPS) is 25.3. The lowest BCUT2D eigenvalue weighted by atomic mass is 9.89. The number of benzene rings is 1. The minimum Gasteiger partial charge on any atom is -0.326 e. The Kier molecular flexibility index (Phi) is 5.76. The highest BCUT2D eigenvalue weighted by atomic mass is 32.2. The van der Waals surface area contributed by atoms with Crippen LogP contribution in [0.25, 0.3) is 0 Å². The van der Waals surface area contributed by atoms with Gasteiger partial charge in [0.2, 0.25) is 31.9 Å². The fraction of sp³-hybridized carbons (Fsp3) is 0.556. The van der Waals surface area contributed by atoms with Crippen molar-refractivity contribution in [1.29, 1.82) is 0 Å². The predicted molar refractivity (Wildman–Crippen MR) is 107 cm³/mol. The van der Waals surface area contributed by atoms with Crippen LogP contribution in [0.2, 0.25) is 0 Å². The van der Waals surface area contributed by atoms with Crippen LogP contribution in [0.3, 0.4) is 0 Å². The Morgan fingerprint density at radius 1 is 1.14 bits per heavy atom. The third-order valence-electron chi connectivity index (χ3n) is 5.42. The van der Waals surface area contributed by atoms with E-state index in [0.717, 1.165) is 10.6 Å². The van der Waals surface area contributed by atoms with Crippen molar-refractivity contribution < 1.29 is 26.4 Å². The van der Waals surface area contributed by atoms with E-state index in [1.54, 1.807) is 0 Å². The Balaban J connectivity index is 1.88. The molecular weight excluding hydrogens is 418 g/mol. The number of nitrogens with one attached hydrogen (secondary N) is 1. The molecule has 1 aromatic rings. The van der Waals surface area contributed by atoms with Gasteiger partial charge in [0.25, 0.3) is 0 Å². The molecular formula is C18H25N3O6S2. The highest BCUT2D eigenvalue weighted by Crippen LogP contribution is 2.42. The molecule has 2 aliphatic heterocycles. The van der Waals surface area contributed by atoms with Gasteiger partial charge in [-0.05, 0) is 30.7 Å². The van der Waals surface area contributed by atoms with Crippen LogP contribution in [0.15, 0.2) is 29.2 Å². The molecule has 2 aliphatic rings. The van der Waals surface area contributed by atoms with Gasteiger partial charge >= 0.3 is 0 Å². The van der Waals surface area contributed by atoms with Gasteiger partial charge in [-0.2, -0.15) is 4.31 Å². The van der Waals surface area contributed by atoms with Crippen molar-refractivity contribution in [2.75, 3.05) is 24.7 Å². The first kappa shape index (κ1) is 21.7. The summed E-state index contributed by atoms with van der Waals surface area (Å²) in [5, 5.41) is 2.57. The topological polar surface area (TPSA) is 121 Å². The number of fused-ring (bicyclic) bond motifs is 1. The molecule has 3 atom stereocenters. The summed E-state index contributed by atoms with van der Waals surface area (Å²) in [5.74, 6) is -1.55. The van der Waals surface area contributed by atoms with Gasteiger partial charge in [-0.25, -0.2) is 21.1 Å². The second kappa shape index (κ2) is 7.69. The lowest BCUT2D eigenvalue weighted by Crippen LogP contribution is -2.43. The van der Waals surface area contributed by atoms with Crippen molar-refractivity contribution in [2.24, 2.45) is 11.8 Å². The summed E-state index contributed by atoms with van der Waals surface area (Å²) in [5.41, 5.74) is 0.478. The lowest BCUT2D eigenvalue weighted by Gasteiger charge is -2.23. The molecule has 2 saturated heterocycles. The number of anilines is 1. The lowest BCUT2D eigenvalue weighted by molar-refractivity contribution is -0.128. The molecule has 2 amide bonds. The predicted octanol–water partition coefficient (Wildman–Crippen LogP) is 0.852. The molecule has 0 bridgehead atoms.